The van der Waals surface area contributed by atoms with E-state index in [9.17, 15) is 0 Å². The molecule has 0 bridgehead atoms. The fourth-order valence-electron chi connectivity index (χ4n) is 5.09. The van der Waals surface area contributed by atoms with E-state index < -0.39 is 0 Å². The molecule has 0 saturated heterocycles. The lowest BCUT2D eigenvalue weighted by Crippen LogP contribution is -1.94. The minimum Gasteiger partial charge on any atom is -0.0623 e. The van der Waals surface area contributed by atoms with Gasteiger partial charge in [-0.15, -0.1) is 0 Å². The summed E-state index contributed by atoms with van der Waals surface area (Å²) in [6.45, 7) is 2.21. The predicted molar refractivity (Wildman–Crippen MR) is 166 cm³/mol. The van der Waals surface area contributed by atoms with Crippen LogP contribution in [0.25, 0.3) is 0 Å². The van der Waals surface area contributed by atoms with Gasteiger partial charge in [-0.25, -0.2) is 0 Å². The summed E-state index contributed by atoms with van der Waals surface area (Å²) in [7, 11) is 0. The smallest absolute Gasteiger partial charge is 0.0155 e. The minimum absolute atomic E-state index is 1.09. The van der Waals surface area contributed by atoms with Crippen LogP contribution >= 0.6 is 0 Å². The van der Waals surface area contributed by atoms with Crippen LogP contribution in [0.3, 0.4) is 0 Å². The Morgan fingerprint density at radius 3 is 1.74 bits per heavy atom. The molecule has 38 heavy (non-hydrogen) atoms. The van der Waals surface area contributed by atoms with E-state index in [1.165, 1.54) is 51.8 Å². The number of hydrogen-bond donors (Lipinski definition) is 0. The van der Waals surface area contributed by atoms with Gasteiger partial charge in [0.15, 0.2) is 0 Å². The molecule has 0 atom stereocenters. The van der Waals surface area contributed by atoms with Gasteiger partial charge < -0.3 is 0 Å². The van der Waals surface area contributed by atoms with Crippen LogP contribution in [-0.4, -0.2) is 0 Å². The van der Waals surface area contributed by atoms with Crippen molar-refractivity contribution in [3.8, 4) is 0 Å². The molecule has 192 valence electrons. The van der Waals surface area contributed by atoms with E-state index in [-0.39, 0.29) is 0 Å². The molecule has 0 heterocycles. The Balaban J connectivity index is 1.69. The van der Waals surface area contributed by atoms with Crippen LogP contribution < -0.4 is 0 Å². The van der Waals surface area contributed by atoms with Crippen LogP contribution in [0.5, 0.6) is 0 Å². The molecule has 0 heteroatoms. The van der Waals surface area contributed by atoms with E-state index in [0.717, 1.165) is 32.1 Å². The Kier molecular flexibility index (Phi) is 11.0. The Hall–Kier alpha value is -3.90. The second kappa shape index (κ2) is 15.4. The van der Waals surface area contributed by atoms with Crippen LogP contribution in [0.4, 0.5) is 0 Å². The Morgan fingerprint density at radius 2 is 1.00 bits per heavy atom. The largest absolute Gasteiger partial charge is 0.0623 e. The monoisotopic (exact) mass is 496 g/mol. The lowest BCUT2D eigenvalue weighted by Gasteiger charge is -2.11. The van der Waals surface area contributed by atoms with Crippen molar-refractivity contribution in [3.63, 3.8) is 0 Å². The zero-order valence-electron chi connectivity index (χ0n) is 22.7. The van der Waals surface area contributed by atoms with E-state index in [1.54, 1.807) is 0 Å². The molecule has 0 aromatic heterocycles. The van der Waals surface area contributed by atoms with Gasteiger partial charge in [0.2, 0.25) is 0 Å². The van der Waals surface area contributed by atoms with Crippen molar-refractivity contribution in [1.29, 1.82) is 0 Å². The molecule has 1 aromatic carbocycles. The van der Waals surface area contributed by atoms with Crippen molar-refractivity contribution in [3.05, 3.63) is 179 Å². The van der Waals surface area contributed by atoms with Crippen LogP contribution in [0.1, 0.15) is 50.2 Å². The number of hydrogen-bond acceptors (Lipinski definition) is 0. The van der Waals surface area contributed by atoms with Gasteiger partial charge in [0, 0.05) is 0 Å². The van der Waals surface area contributed by atoms with Crippen molar-refractivity contribution >= 4 is 0 Å². The second-order valence-electron chi connectivity index (χ2n) is 9.93. The lowest BCUT2D eigenvalue weighted by atomic mass is 9.94. The van der Waals surface area contributed by atoms with Gasteiger partial charge in [-0.3, -0.25) is 0 Å². The fraction of sp³-hybridized carbons (Fsp3) is 0.211. The van der Waals surface area contributed by atoms with E-state index >= 15 is 0 Å². The van der Waals surface area contributed by atoms with Gasteiger partial charge in [-0.1, -0.05) is 140 Å². The number of aryl methyl sites for hydroxylation is 2. The van der Waals surface area contributed by atoms with Crippen LogP contribution in [-0.2, 0) is 12.8 Å². The zero-order chi connectivity index (χ0) is 26.3. The molecular formula is C38H40. The summed E-state index contributed by atoms with van der Waals surface area (Å²) in [5, 5.41) is 0. The Bertz CT molecular complexity index is 1320. The summed E-state index contributed by atoms with van der Waals surface area (Å²) < 4.78 is 0. The van der Waals surface area contributed by atoms with Crippen molar-refractivity contribution < 1.29 is 0 Å². The molecule has 0 radical (unpaired) electrons. The quantitative estimate of drug-likeness (QED) is 0.335. The van der Waals surface area contributed by atoms with Crippen LogP contribution in [0, 0.1) is 0 Å². The first-order valence-electron chi connectivity index (χ1n) is 14.1. The maximum absolute atomic E-state index is 2.36. The standard InChI is InChI=1S/C38H40/c1-32-20-17-26-36-28-18-27-34-22-12-8-6-5-7-11-21-33(34)23-15-16-24-35(36)29-19-30-37-25-13-9-3-2-4-10-14-31-38(32)37/h2-14,17,19-22,25-26,29-31H,15-16,18,23-24,27-28H2,1H3. The van der Waals surface area contributed by atoms with E-state index in [2.05, 4.69) is 147 Å². The Morgan fingerprint density at radius 1 is 0.447 bits per heavy atom. The molecule has 0 saturated carbocycles. The highest BCUT2D eigenvalue weighted by Crippen LogP contribution is 2.28. The summed E-state index contributed by atoms with van der Waals surface area (Å²) in [4.78, 5) is 0. The maximum atomic E-state index is 2.36. The van der Waals surface area contributed by atoms with E-state index in [1.807, 2.05) is 0 Å². The number of fused-ring (bicyclic) bond motifs is 3. The van der Waals surface area contributed by atoms with Crippen molar-refractivity contribution in [1.82, 2.24) is 0 Å². The van der Waals surface area contributed by atoms with Gasteiger partial charge in [0.25, 0.3) is 0 Å². The SMILES string of the molecule is CC1=C2C=CC=CC=CC=CC=C2C=CC=C2CCCCc3ccccccccc3CCCC2=CC=C1. The van der Waals surface area contributed by atoms with Gasteiger partial charge in [0.1, 0.15) is 0 Å². The van der Waals surface area contributed by atoms with Gasteiger partial charge in [0.05, 0.1) is 0 Å². The molecule has 0 N–H and O–H groups in total. The summed E-state index contributed by atoms with van der Waals surface area (Å²) in [6.07, 6.45) is 40.8. The number of allylic oxidation sites excluding steroid dienone is 20. The summed E-state index contributed by atoms with van der Waals surface area (Å²) in [5.41, 5.74) is 9.64. The molecule has 0 spiro atoms. The molecule has 0 nitrogen and oxygen atoms in total. The molecule has 0 unspecified atom stereocenters. The van der Waals surface area contributed by atoms with E-state index in [4.69, 9.17) is 0 Å². The molecular weight excluding hydrogens is 456 g/mol. The maximum Gasteiger partial charge on any atom is -0.0155 e. The topological polar surface area (TPSA) is 0 Å². The van der Waals surface area contributed by atoms with Crippen LogP contribution in [0.2, 0.25) is 0 Å². The molecule has 0 aliphatic heterocycles. The second-order valence-corrected chi connectivity index (χ2v) is 9.93. The normalized spacial score (nSPS) is 18.2. The summed E-state index contributed by atoms with van der Waals surface area (Å²) in [6, 6.07) is 17.5. The highest BCUT2D eigenvalue weighted by Gasteiger charge is 2.10. The average Bonchev–Trinajstić information content (AvgIpc) is 3.01. The molecule has 0 fully saturated rings. The van der Waals surface area contributed by atoms with Crippen LogP contribution in [0.15, 0.2) is 168 Å². The molecule has 3 aliphatic carbocycles. The molecule has 3 aliphatic rings. The van der Waals surface area contributed by atoms with Gasteiger partial charge in [-0.05, 0) is 90.9 Å². The third-order valence-electron chi connectivity index (χ3n) is 7.17. The molecule has 4 rings (SSSR count). The minimum atomic E-state index is 1.09. The summed E-state index contributed by atoms with van der Waals surface area (Å²) >= 11 is 0. The lowest BCUT2D eigenvalue weighted by molar-refractivity contribution is 0.730. The third-order valence-corrected chi connectivity index (χ3v) is 7.17. The van der Waals surface area contributed by atoms with Crippen molar-refractivity contribution in [2.75, 3.05) is 0 Å². The molecule has 0 amide bonds. The van der Waals surface area contributed by atoms with Gasteiger partial charge in [-0.2, -0.15) is 0 Å². The zero-order valence-corrected chi connectivity index (χ0v) is 22.7. The first kappa shape index (κ1) is 27.1. The molecule has 1 aromatic rings. The fourth-order valence-corrected chi connectivity index (χ4v) is 5.09. The summed E-state index contributed by atoms with van der Waals surface area (Å²) in [5.74, 6) is 0. The first-order chi connectivity index (χ1) is 18.8. The van der Waals surface area contributed by atoms with Gasteiger partial charge >= 0.3 is 0 Å². The Labute approximate surface area is 230 Å². The number of rotatable bonds is 0. The predicted octanol–water partition coefficient (Wildman–Crippen LogP) is 10.3. The average molecular weight is 497 g/mol. The van der Waals surface area contributed by atoms with Crippen molar-refractivity contribution in [2.24, 2.45) is 0 Å². The highest BCUT2D eigenvalue weighted by molar-refractivity contribution is 5.55. The first-order valence-corrected chi connectivity index (χ1v) is 14.1. The van der Waals surface area contributed by atoms with Crippen molar-refractivity contribution in [2.45, 2.75) is 51.9 Å². The van der Waals surface area contributed by atoms with E-state index in [0.29, 0.717) is 0 Å². The third kappa shape index (κ3) is 8.60. The highest BCUT2D eigenvalue weighted by atomic mass is 14.2.